The van der Waals surface area contributed by atoms with Crippen molar-refractivity contribution in [3.63, 3.8) is 0 Å². The van der Waals surface area contributed by atoms with Crippen molar-refractivity contribution in [1.29, 1.82) is 0 Å². The minimum Gasteiger partial charge on any atom is -0.497 e. The van der Waals surface area contributed by atoms with Gasteiger partial charge in [0.2, 0.25) is 16.3 Å². The molecule has 1 saturated carbocycles. The number of hydrogen-bond acceptors (Lipinski definition) is 7. The topological polar surface area (TPSA) is 106 Å². The molecule has 10 heteroatoms. The minimum absolute atomic E-state index is 0.0491. The molecule has 2 atom stereocenters. The van der Waals surface area contributed by atoms with Crippen molar-refractivity contribution in [3.05, 3.63) is 36.1 Å². The summed E-state index contributed by atoms with van der Waals surface area (Å²) in [6, 6.07) is 6.18. The van der Waals surface area contributed by atoms with Crippen LogP contribution < -0.4 is 4.74 Å². The third-order valence-electron chi connectivity index (χ3n) is 8.39. The van der Waals surface area contributed by atoms with Crippen molar-refractivity contribution < 1.29 is 32.5 Å². The molecule has 224 valence electrons. The van der Waals surface area contributed by atoms with Gasteiger partial charge in [-0.15, -0.1) is 0 Å². The second-order valence-electron chi connectivity index (χ2n) is 11.1. The van der Waals surface area contributed by atoms with E-state index in [1.54, 1.807) is 12.1 Å². The van der Waals surface area contributed by atoms with Crippen LogP contribution in [0.25, 0.3) is 0 Å². The number of carbonyl (C=O) groups is 1. The molecule has 1 N–H and O–H groups in total. The Balaban J connectivity index is 1.42. The van der Waals surface area contributed by atoms with Crippen molar-refractivity contribution >= 4 is 15.9 Å². The number of ether oxygens (including phenoxy) is 3. The SMILES string of the molecule is COc1ccc(S(=O)(=O)N(CCO)CCO[C@H]2C[C@@H](C3CCCCC3)C=C(C(=O)N3CCCCCCC3)O2)cc1. The zero-order valence-electron chi connectivity index (χ0n) is 23.8. The van der Waals surface area contributed by atoms with Crippen LogP contribution in [0.3, 0.4) is 0 Å². The predicted octanol–water partition coefficient (Wildman–Crippen LogP) is 4.31. The van der Waals surface area contributed by atoms with Gasteiger partial charge in [0.15, 0.2) is 5.76 Å². The number of aliphatic hydroxyl groups is 1. The Morgan fingerprint density at radius 3 is 2.30 bits per heavy atom. The van der Waals surface area contributed by atoms with E-state index in [0.29, 0.717) is 23.8 Å². The first-order chi connectivity index (χ1) is 19.4. The van der Waals surface area contributed by atoms with Crippen LogP contribution in [0, 0.1) is 11.8 Å². The minimum atomic E-state index is -3.84. The number of rotatable bonds is 11. The molecule has 40 heavy (non-hydrogen) atoms. The summed E-state index contributed by atoms with van der Waals surface area (Å²) in [6.07, 6.45) is 13.5. The zero-order valence-corrected chi connectivity index (χ0v) is 24.7. The lowest BCUT2D eigenvalue weighted by atomic mass is 9.77. The van der Waals surface area contributed by atoms with Crippen LogP contribution in [0.2, 0.25) is 0 Å². The summed E-state index contributed by atoms with van der Waals surface area (Å²) >= 11 is 0. The molecule has 0 unspecified atom stereocenters. The quantitative estimate of drug-likeness (QED) is 0.417. The molecule has 1 amide bonds. The van der Waals surface area contributed by atoms with Gasteiger partial charge in [0.1, 0.15) is 5.75 Å². The molecule has 9 nitrogen and oxygen atoms in total. The van der Waals surface area contributed by atoms with E-state index in [0.717, 1.165) is 51.6 Å². The molecule has 0 radical (unpaired) electrons. The van der Waals surface area contributed by atoms with E-state index >= 15 is 0 Å². The van der Waals surface area contributed by atoms with Crippen LogP contribution >= 0.6 is 0 Å². The maximum absolute atomic E-state index is 13.5. The molecule has 0 aromatic heterocycles. The highest BCUT2D eigenvalue weighted by molar-refractivity contribution is 7.89. The lowest BCUT2D eigenvalue weighted by Crippen LogP contribution is -2.40. The lowest BCUT2D eigenvalue weighted by molar-refractivity contribution is -0.157. The second-order valence-corrected chi connectivity index (χ2v) is 13.0. The molecular weight excluding hydrogens is 532 g/mol. The molecule has 1 saturated heterocycles. The molecular formula is C30H46N2O7S. The molecule has 1 aromatic rings. The summed E-state index contributed by atoms with van der Waals surface area (Å²) in [5.41, 5.74) is 0. The summed E-state index contributed by atoms with van der Waals surface area (Å²) < 4.78 is 45.1. The highest BCUT2D eigenvalue weighted by Crippen LogP contribution is 2.37. The van der Waals surface area contributed by atoms with Gasteiger partial charge in [-0.2, -0.15) is 4.31 Å². The number of nitrogens with zero attached hydrogens (tertiary/aromatic N) is 2. The van der Waals surface area contributed by atoms with Gasteiger partial charge in [-0.3, -0.25) is 4.79 Å². The van der Waals surface area contributed by atoms with Gasteiger partial charge in [0.25, 0.3) is 5.91 Å². The van der Waals surface area contributed by atoms with E-state index in [4.69, 9.17) is 14.2 Å². The number of methoxy groups -OCH3 is 1. The normalized spacial score (nSPS) is 23.2. The fraction of sp³-hybridized carbons (Fsp3) is 0.700. The first-order valence-electron chi connectivity index (χ1n) is 15.0. The van der Waals surface area contributed by atoms with Gasteiger partial charge >= 0.3 is 0 Å². The van der Waals surface area contributed by atoms with Crippen LogP contribution in [-0.4, -0.2) is 81.4 Å². The van der Waals surface area contributed by atoms with Crippen LogP contribution in [0.1, 0.15) is 70.6 Å². The smallest absolute Gasteiger partial charge is 0.288 e. The van der Waals surface area contributed by atoms with E-state index in [9.17, 15) is 18.3 Å². The summed E-state index contributed by atoms with van der Waals surface area (Å²) in [7, 11) is -2.32. The largest absolute Gasteiger partial charge is 0.497 e. The Morgan fingerprint density at radius 2 is 1.65 bits per heavy atom. The van der Waals surface area contributed by atoms with E-state index in [-0.39, 0.29) is 43.0 Å². The Labute approximate surface area is 239 Å². The number of amides is 1. The number of sulfonamides is 1. The maximum atomic E-state index is 13.5. The number of likely N-dealkylation sites (tertiary alicyclic amines) is 1. The average molecular weight is 579 g/mol. The number of allylic oxidation sites excluding steroid dienone is 1. The van der Waals surface area contributed by atoms with E-state index < -0.39 is 16.3 Å². The van der Waals surface area contributed by atoms with Crippen molar-refractivity contribution in [1.82, 2.24) is 9.21 Å². The van der Waals surface area contributed by atoms with Crippen LogP contribution in [0.5, 0.6) is 5.75 Å². The molecule has 2 aliphatic heterocycles. The van der Waals surface area contributed by atoms with Gasteiger partial charge in [0, 0.05) is 32.6 Å². The monoisotopic (exact) mass is 578 g/mol. The average Bonchev–Trinajstić information content (AvgIpc) is 2.96. The van der Waals surface area contributed by atoms with Gasteiger partial charge in [-0.25, -0.2) is 8.42 Å². The van der Waals surface area contributed by atoms with Crippen molar-refractivity contribution in [2.24, 2.45) is 11.8 Å². The first kappa shape index (κ1) is 30.8. The molecule has 3 aliphatic rings. The van der Waals surface area contributed by atoms with Gasteiger partial charge in [-0.05, 0) is 67.9 Å². The Hall–Kier alpha value is -2.14. The van der Waals surface area contributed by atoms with E-state index in [2.05, 4.69) is 0 Å². The van der Waals surface area contributed by atoms with Crippen molar-refractivity contribution in [2.45, 2.75) is 81.8 Å². The summed E-state index contributed by atoms with van der Waals surface area (Å²) in [5.74, 6) is 1.59. The molecule has 2 fully saturated rings. The second kappa shape index (κ2) is 15.2. The third kappa shape index (κ3) is 8.21. The predicted molar refractivity (Wildman–Crippen MR) is 152 cm³/mol. The fourth-order valence-corrected chi connectivity index (χ4v) is 7.50. The molecule has 0 spiro atoms. The third-order valence-corrected chi connectivity index (χ3v) is 10.3. The Morgan fingerprint density at radius 1 is 1.00 bits per heavy atom. The lowest BCUT2D eigenvalue weighted by Gasteiger charge is -2.36. The molecule has 1 aromatic carbocycles. The number of aliphatic hydroxyl groups excluding tert-OH is 1. The fourth-order valence-electron chi connectivity index (χ4n) is 6.08. The molecule has 4 rings (SSSR count). The summed E-state index contributed by atoms with van der Waals surface area (Å²) in [4.78, 5) is 15.6. The summed E-state index contributed by atoms with van der Waals surface area (Å²) in [6.45, 7) is 1.28. The van der Waals surface area contributed by atoms with Crippen LogP contribution in [-0.2, 0) is 24.3 Å². The van der Waals surface area contributed by atoms with Crippen LogP contribution in [0.15, 0.2) is 41.0 Å². The maximum Gasteiger partial charge on any atom is 0.288 e. The highest BCUT2D eigenvalue weighted by atomic mass is 32.2. The Kier molecular flexibility index (Phi) is 11.7. The van der Waals surface area contributed by atoms with Crippen molar-refractivity contribution in [2.75, 3.05) is 46.5 Å². The zero-order chi connectivity index (χ0) is 28.4. The van der Waals surface area contributed by atoms with Gasteiger partial charge < -0.3 is 24.2 Å². The number of hydrogen-bond donors (Lipinski definition) is 1. The van der Waals surface area contributed by atoms with E-state index in [1.165, 1.54) is 49.2 Å². The standard InChI is InChI=1S/C30H46N2O7S/c1-37-26-12-14-27(15-13-26)40(35,36)32(18-20-33)19-21-38-29-23-25(24-10-6-5-7-11-24)22-28(39-29)30(34)31-16-8-3-2-4-9-17-31/h12-15,22,24-25,29,33H,2-11,16-21,23H2,1H3/t25-,29+/m0/s1. The Bertz CT molecular complexity index is 1060. The summed E-state index contributed by atoms with van der Waals surface area (Å²) in [5, 5.41) is 9.57. The molecule has 0 bridgehead atoms. The van der Waals surface area contributed by atoms with E-state index in [1.807, 2.05) is 11.0 Å². The molecule has 2 heterocycles. The van der Waals surface area contributed by atoms with Gasteiger partial charge in [-0.1, -0.05) is 38.5 Å². The molecule has 1 aliphatic carbocycles. The van der Waals surface area contributed by atoms with Crippen molar-refractivity contribution in [3.8, 4) is 5.75 Å². The first-order valence-corrected chi connectivity index (χ1v) is 16.4. The highest BCUT2D eigenvalue weighted by Gasteiger charge is 2.35. The van der Waals surface area contributed by atoms with Gasteiger partial charge in [0.05, 0.1) is 25.2 Å². The number of benzene rings is 1. The van der Waals surface area contributed by atoms with Crippen LogP contribution in [0.4, 0.5) is 0 Å². The number of carbonyl (C=O) groups excluding carboxylic acids is 1.